The van der Waals surface area contributed by atoms with E-state index in [0.29, 0.717) is 18.3 Å². The van der Waals surface area contributed by atoms with Crippen molar-refractivity contribution in [3.05, 3.63) is 22.8 Å². The molecule has 8 heteroatoms. The summed E-state index contributed by atoms with van der Waals surface area (Å²) in [5.41, 5.74) is 3.47. The Morgan fingerprint density at radius 1 is 0.952 bits per heavy atom. The number of fused-ring (bicyclic) bond motifs is 1. The molecule has 3 aliphatic carbocycles. The van der Waals surface area contributed by atoms with Gasteiger partial charge in [0.25, 0.3) is 0 Å². The van der Waals surface area contributed by atoms with Crippen molar-refractivity contribution in [2.45, 2.75) is 154 Å². The molecule has 7 atom stereocenters. The number of carbonyl (C=O) groups is 1. The minimum Gasteiger partial charge on any atom is -0.414 e. The van der Waals surface area contributed by atoms with E-state index in [2.05, 4.69) is 87.7 Å². The quantitative estimate of drug-likeness (QED) is 0.159. The summed E-state index contributed by atoms with van der Waals surface area (Å²) in [7, 11) is -7.61. The Balaban J connectivity index is 1.75. The molecule has 4 aliphatic rings. The van der Waals surface area contributed by atoms with Crippen molar-refractivity contribution >= 4 is 32.8 Å². The zero-order valence-corrected chi connectivity index (χ0v) is 31.5. The van der Waals surface area contributed by atoms with Crippen LogP contribution in [-0.2, 0) is 23.5 Å². The molecule has 0 aromatic carbocycles. The number of hydrogen-bond acceptors (Lipinski definition) is 5. The van der Waals surface area contributed by atoms with Gasteiger partial charge in [-0.25, -0.2) is 8.42 Å². The van der Waals surface area contributed by atoms with E-state index in [1.807, 2.05) is 0 Å². The van der Waals surface area contributed by atoms with Crippen molar-refractivity contribution in [1.29, 1.82) is 0 Å². The Morgan fingerprint density at radius 2 is 1.55 bits per heavy atom. The smallest absolute Gasteiger partial charge is 0.192 e. The van der Waals surface area contributed by atoms with Crippen molar-refractivity contribution < 1.29 is 22.1 Å². The summed E-state index contributed by atoms with van der Waals surface area (Å²) in [4.78, 5) is 11.8. The highest BCUT2D eigenvalue weighted by Gasteiger charge is 2.53. The molecule has 0 aromatic rings. The molecule has 0 radical (unpaired) electrons. The largest absolute Gasteiger partial charge is 0.414 e. The second kappa shape index (κ2) is 11.4. The summed E-state index contributed by atoms with van der Waals surface area (Å²) in [6.45, 7) is 27.1. The van der Waals surface area contributed by atoms with Gasteiger partial charge < -0.3 is 13.6 Å². The van der Waals surface area contributed by atoms with Gasteiger partial charge in [0, 0.05) is 12.3 Å². The molecule has 5 nitrogen and oxygen atoms in total. The Labute approximate surface area is 259 Å². The molecule has 2 saturated carbocycles. The molecule has 0 bridgehead atoms. The summed E-state index contributed by atoms with van der Waals surface area (Å²) >= 11 is 0. The van der Waals surface area contributed by atoms with Gasteiger partial charge in [-0.3, -0.25) is 0 Å². The Bertz CT molecular complexity index is 1220. The van der Waals surface area contributed by atoms with Crippen molar-refractivity contribution in [3.8, 4) is 0 Å². The maximum Gasteiger partial charge on any atom is 0.192 e. The molecule has 0 saturated heterocycles. The fraction of sp³-hybridized carbons (Fsp3) is 0.853. The van der Waals surface area contributed by atoms with Crippen LogP contribution in [0, 0.1) is 23.2 Å². The molecule has 1 heterocycles. The zero-order valence-electron chi connectivity index (χ0n) is 28.7. The molecule has 2 fully saturated rings. The Kier molecular flexibility index (Phi) is 9.28. The molecule has 0 aromatic heterocycles. The second-order valence-corrected chi connectivity index (χ2v) is 29.1. The van der Waals surface area contributed by atoms with Crippen LogP contribution in [-0.4, -0.2) is 54.5 Å². The molecule has 240 valence electrons. The van der Waals surface area contributed by atoms with Crippen LogP contribution in [0.25, 0.3) is 0 Å². The summed E-state index contributed by atoms with van der Waals surface area (Å²) in [6, 6.07) is 0. The van der Waals surface area contributed by atoms with Crippen LogP contribution < -0.4 is 0 Å². The van der Waals surface area contributed by atoms with E-state index in [1.54, 1.807) is 0 Å². The molecule has 42 heavy (non-hydrogen) atoms. The first-order valence-corrected chi connectivity index (χ1v) is 24.0. The second-order valence-electron chi connectivity index (χ2n) is 17.4. The van der Waals surface area contributed by atoms with Gasteiger partial charge in [0.2, 0.25) is 0 Å². The van der Waals surface area contributed by atoms with Gasteiger partial charge in [0.1, 0.15) is 11.5 Å². The van der Waals surface area contributed by atoms with Gasteiger partial charge >= 0.3 is 0 Å². The van der Waals surface area contributed by atoms with Gasteiger partial charge in [-0.05, 0) is 103 Å². The van der Waals surface area contributed by atoms with Crippen LogP contribution in [0.3, 0.4) is 0 Å². The van der Waals surface area contributed by atoms with Gasteiger partial charge in [-0.1, -0.05) is 67.0 Å². The highest BCUT2D eigenvalue weighted by molar-refractivity contribution is 7.92. The van der Waals surface area contributed by atoms with Crippen LogP contribution in [0.1, 0.15) is 100 Å². The standard InChI is InChI=1S/C34H60O5SSi2/c1-23(21-35)28-15-16-29-24(14-13-17-34(28,29)8)18-31-26-19-25(38-41(9,10)32(2,3)4)20-30(27(26)22-40(31,36)37)39-42(11,12)33(5,6)7/h18,21,23,25,28-31H,13-17,19-20,22H2,1-12H3/t23?,25?,28?,29?,30?,31?,34-/m0/s1. The maximum atomic E-state index is 14.0. The highest BCUT2D eigenvalue weighted by atomic mass is 32.2. The third kappa shape index (κ3) is 6.27. The summed E-state index contributed by atoms with van der Waals surface area (Å²) in [5.74, 6) is 0.887. The van der Waals surface area contributed by atoms with Gasteiger partial charge in [-0.15, -0.1) is 0 Å². The van der Waals surface area contributed by atoms with E-state index in [-0.39, 0.29) is 39.4 Å². The summed E-state index contributed by atoms with van der Waals surface area (Å²) in [5, 5.41) is -0.474. The molecule has 0 spiro atoms. The van der Waals surface area contributed by atoms with E-state index in [9.17, 15) is 13.2 Å². The lowest BCUT2D eigenvalue weighted by molar-refractivity contribution is -0.113. The predicted molar refractivity (Wildman–Crippen MR) is 179 cm³/mol. The van der Waals surface area contributed by atoms with Gasteiger partial charge in [0.15, 0.2) is 26.5 Å². The first-order valence-electron chi connectivity index (χ1n) is 16.5. The normalized spacial score (nSPS) is 35.7. The van der Waals surface area contributed by atoms with Crippen molar-refractivity contribution in [2.24, 2.45) is 23.2 Å². The topological polar surface area (TPSA) is 69.7 Å². The third-order valence-electron chi connectivity index (χ3n) is 12.6. The minimum atomic E-state index is -3.39. The predicted octanol–water partition coefficient (Wildman–Crippen LogP) is 8.63. The number of aldehydes is 1. The monoisotopic (exact) mass is 636 g/mol. The Morgan fingerprint density at radius 3 is 2.12 bits per heavy atom. The number of allylic oxidation sites excluding steroid dienone is 1. The number of carbonyl (C=O) groups excluding carboxylic acids is 1. The van der Waals surface area contributed by atoms with E-state index < -0.39 is 31.7 Å². The van der Waals surface area contributed by atoms with Gasteiger partial charge in [0.05, 0.1) is 18.0 Å². The lowest BCUT2D eigenvalue weighted by atomic mass is 9.61. The summed E-state index contributed by atoms with van der Waals surface area (Å²) in [6.07, 6.45) is 9.73. The van der Waals surface area contributed by atoms with Gasteiger partial charge in [-0.2, -0.15) is 0 Å². The molecule has 0 amide bonds. The first kappa shape index (κ1) is 34.3. The SMILES string of the molecule is CC(C=O)C1CCC2C(=CC3C4=C(CS3(=O)=O)C(O[Si](C)(C)C(C)(C)C)CC(O[Si](C)(C)C(C)(C)C)C4)CCC[C@]21C. The average Bonchev–Trinajstić information content (AvgIpc) is 3.31. The lowest BCUT2D eigenvalue weighted by Crippen LogP contribution is -2.49. The van der Waals surface area contributed by atoms with E-state index in [1.165, 1.54) is 5.57 Å². The highest BCUT2D eigenvalue weighted by Crippen LogP contribution is 2.59. The number of hydrogen-bond donors (Lipinski definition) is 0. The molecule has 6 unspecified atom stereocenters. The van der Waals surface area contributed by atoms with Crippen molar-refractivity contribution in [3.63, 3.8) is 0 Å². The van der Waals surface area contributed by atoms with Crippen molar-refractivity contribution in [1.82, 2.24) is 0 Å². The van der Waals surface area contributed by atoms with Crippen LogP contribution >= 0.6 is 0 Å². The van der Waals surface area contributed by atoms with E-state index in [0.717, 1.165) is 56.0 Å². The molecular formula is C34H60O5SSi2. The van der Waals surface area contributed by atoms with Crippen LogP contribution in [0.2, 0.25) is 36.3 Å². The fourth-order valence-corrected chi connectivity index (χ4v) is 12.7. The van der Waals surface area contributed by atoms with Crippen molar-refractivity contribution in [2.75, 3.05) is 5.75 Å². The first-order chi connectivity index (χ1) is 19.0. The zero-order chi connectivity index (χ0) is 31.7. The molecule has 0 N–H and O–H groups in total. The third-order valence-corrected chi connectivity index (χ3v) is 23.5. The molecular weight excluding hydrogens is 577 g/mol. The number of rotatable bonds is 7. The van der Waals surface area contributed by atoms with Crippen LogP contribution in [0.5, 0.6) is 0 Å². The number of sulfone groups is 1. The fourth-order valence-electron chi connectivity index (χ4n) is 8.03. The van der Waals surface area contributed by atoms with E-state index in [4.69, 9.17) is 8.85 Å². The van der Waals surface area contributed by atoms with Crippen LogP contribution in [0.4, 0.5) is 0 Å². The molecule has 4 rings (SSSR count). The van der Waals surface area contributed by atoms with Crippen LogP contribution in [0.15, 0.2) is 22.8 Å². The minimum absolute atomic E-state index is 0.0318. The Hall–Kier alpha value is -0.546. The summed E-state index contributed by atoms with van der Waals surface area (Å²) < 4.78 is 42.2. The lowest BCUT2D eigenvalue weighted by Gasteiger charge is -2.45. The average molecular weight is 637 g/mol. The van der Waals surface area contributed by atoms with E-state index >= 15 is 0 Å². The maximum absolute atomic E-state index is 14.0. The molecule has 1 aliphatic heterocycles.